The van der Waals surface area contributed by atoms with Crippen molar-refractivity contribution >= 4 is 17.7 Å². The van der Waals surface area contributed by atoms with Crippen molar-refractivity contribution in [1.29, 1.82) is 0 Å². The van der Waals surface area contributed by atoms with Crippen LogP contribution in [0.1, 0.15) is 22.1 Å². The number of carbonyl (C=O) groups excluding carboxylic acids is 1. The summed E-state index contributed by atoms with van der Waals surface area (Å²) in [7, 11) is 0. The molecule has 1 fully saturated rings. The molecule has 2 aliphatic heterocycles. The van der Waals surface area contributed by atoms with Gasteiger partial charge in [0.2, 0.25) is 5.91 Å². The molecule has 2 heterocycles. The smallest absolute Gasteiger partial charge is 0.234 e. The Bertz CT molecular complexity index is 764. The molecule has 1 saturated heterocycles. The molecule has 0 aromatic heterocycles. The maximum absolute atomic E-state index is 13.4. The topological polar surface area (TPSA) is 29.5 Å². The molecule has 2 aromatic carbocycles. The van der Waals surface area contributed by atoms with Crippen LogP contribution in [0.3, 0.4) is 0 Å². The van der Waals surface area contributed by atoms with Crippen LogP contribution in [-0.4, -0.2) is 23.2 Å². The minimum Gasteiger partial charge on any atom is -0.493 e. The number of halogens is 1. The van der Waals surface area contributed by atoms with Gasteiger partial charge in [-0.15, -0.1) is 11.8 Å². The highest BCUT2D eigenvalue weighted by molar-refractivity contribution is 8.00. The van der Waals surface area contributed by atoms with E-state index in [1.165, 1.54) is 17.7 Å². The second-order valence-electron chi connectivity index (χ2n) is 5.78. The van der Waals surface area contributed by atoms with Gasteiger partial charge in [-0.3, -0.25) is 4.79 Å². The summed E-state index contributed by atoms with van der Waals surface area (Å²) in [6.07, 6.45) is 0.915. The van der Waals surface area contributed by atoms with Gasteiger partial charge >= 0.3 is 0 Å². The Balaban J connectivity index is 1.61. The average Bonchev–Trinajstić information content (AvgIpc) is 3.14. The lowest BCUT2D eigenvalue weighted by molar-refractivity contribution is -0.128. The van der Waals surface area contributed by atoms with E-state index in [9.17, 15) is 9.18 Å². The number of hydrogen-bond acceptors (Lipinski definition) is 3. The Morgan fingerprint density at radius 2 is 2.17 bits per heavy atom. The van der Waals surface area contributed by atoms with Crippen LogP contribution in [0, 0.1) is 5.82 Å². The van der Waals surface area contributed by atoms with Gasteiger partial charge in [0.1, 0.15) is 16.9 Å². The minimum atomic E-state index is -0.270. The van der Waals surface area contributed by atoms with Crippen molar-refractivity contribution in [3.05, 3.63) is 65.0 Å². The van der Waals surface area contributed by atoms with Crippen molar-refractivity contribution in [3.8, 4) is 5.75 Å². The fraction of sp³-hybridized carbons (Fsp3) is 0.278. The number of hydrogen-bond donors (Lipinski definition) is 0. The van der Waals surface area contributed by atoms with E-state index in [0.29, 0.717) is 12.3 Å². The highest BCUT2D eigenvalue weighted by Crippen LogP contribution is 2.41. The molecule has 0 radical (unpaired) electrons. The Hall–Kier alpha value is -2.01. The molecule has 0 saturated carbocycles. The first-order valence-corrected chi connectivity index (χ1v) is 8.67. The standard InChI is InChI=1S/C18H16FNO2S/c19-15-3-1-2-12(8-15)10-20-17(21)11-23-18(20)14-4-5-16-13(9-14)6-7-22-16/h1-5,8-9,18H,6-7,10-11H2. The molecule has 3 nitrogen and oxygen atoms in total. The molecule has 23 heavy (non-hydrogen) atoms. The first kappa shape index (κ1) is 14.6. The van der Waals surface area contributed by atoms with Crippen LogP contribution < -0.4 is 4.74 Å². The third-order valence-corrected chi connectivity index (χ3v) is 5.46. The predicted octanol–water partition coefficient (Wildman–Crippen LogP) is 3.53. The molecule has 5 heteroatoms. The fourth-order valence-corrected chi connectivity index (χ4v) is 4.27. The number of carbonyl (C=O) groups is 1. The number of thioether (sulfide) groups is 1. The van der Waals surface area contributed by atoms with Gasteiger partial charge in [-0.1, -0.05) is 18.2 Å². The molecule has 0 N–H and O–H groups in total. The fourth-order valence-electron chi connectivity index (χ4n) is 3.09. The Morgan fingerprint density at radius 1 is 1.26 bits per heavy atom. The second-order valence-corrected chi connectivity index (χ2v) is 6.85. The highest BCUT2D eigenvalue weighted by Gasteiger charge is 2.33. The van der Waals surface area contributed by atoms with Crippen LogP contribution in [0.2, 0.25) is 0 Å². The van der Waals surface area contributed by atoms with E-state index in [4.69, 9.17) is 4.74 Å². The summed E-state index contributed by atoms with van der Waals surface area (Å²) in [5.74, 6) is 1.24. The number of fused-ring (bicyclic) bond motifs is 1. The molecule has 0 spiro atoms. The summed E-state index contributed by atoms with van der Waals surface area (Å²) < 4.78 is 18.9. The zero-order valence-corrected chi connectivity index (χ0v) is 13.3. The maximum Gasteiger partial charge on any atom is 0.234 e. The van der Waals surface area contributed by atoms with Gasteiger partial charge in [0.15, 0.2) is 0 Å². The third kappa shape index (κ3) is 2.81. The van der Waals surface area contributed by atoms with Crippen molar-refractivity contribution < 1.29 is 13.9 Å². The summed E-state index contributed by atoms with van der Waals surface area (Å²) in [6, 6.07) is 12.6. The monoisotopic (exact) mass is 329 g/mol. The quantitative estimate of drug-likeness (QED) is 0.863. The van der Waals surface area contributed by atoms with E-state index in [1.54, 1.807) is 17.8 Å². The average molecular weight is 329 g/mol. The Kier molecular flexibility index (Phi) is 3.73. The highest BCUT2D eigenvalue weighted by atomic mass is 32.2. The molecule has 1 amide bonds. The minimum absolute atomic E-state index is 0.0170. The van der Waals surface area contributed by atoms with E-state index in [0.717, 1.165) is 29.9 Å². The van der Waals surface area contributed by atoms with E-state index in [2.05, 4.69) is 6.07 Å². The summed E-state index contributed by atoms with van der Waals surface area (Å²) in [5.41, 5.74) is 3.13. The van der Waals surface area contributed by atoms with Gasteiger partial charge in [-0.05, 0) is 41.0 Å². The van der Waals surface area contributed by atoms with Crippen LogP contribution in [0.5, 0.6) is 5.75 Å². The summed E-state index contributed by atoms with van der Waals surface area (Å²) in [4.78, 5) is 14.1. The summed E-state index contributed by atoms with van der Waals surface area (Å²) in [6.45, 7) is 1.16. The molecule has 0 aliphatic carbocycles. The van der Waals surface area contributed by atoms with Gasteiger partial charge in [0, 0.05) is 13.0 Å². The second kappa shape index (κ2) is 5.89. The van der Waals surface area contributed by atoms with Gasteiger partial charge in [0.25, 0.3) is 0 Å². The van der Waals surface area contributed by atoms with Crippen LogP contribution in [0.25, 0.3) is 0 Å². The molecule has 118 valence electrons. The summed E-state index contributed by atoms with van der Waals surface area (Å²) in [5, 5.41) is -0.0170. The third-order valence-electron chi connectivity index (χ3n) is 4.21. The molecular weight excluding hydrogens is 313 g/mol. The van der Waals surface area contributed by atoms with Gasteiger partial charge in [-0.25, -0.2) is 4.39 Å². The van der Waals surface area contributed by atoms with Gasteiger partial charge in [-0.2, -0.15) is 0 Å². The number of nitrogens with zero attached hydrogens (tertiary/aromatic N) is 1. The van der Waals surface area contributed by atoms with Crippen molar-refractivity contribution in [2.24, 2.45) is 0 Å². The van der Waals surface area contributed by atoms with Gasteiger partial charge < -0.3 is 9.64 Å². The lowest BCUT2D eigenvalue weighted by Crippen LogP contribution is -2.27. The van der Waals surface area contributed by atoms with E-state index < -0.39 is 0 Å². The zero-order chi connectivity index (χ0) is 15.8. The first-order chi connectivity index (χ1) is 11.2. The van der Waals surface area contributed by atoms with E-state index >= 15 is 0 Å². The first-order valence-electron chi connectivity index (χ1n) is 7.62. The Morgan fingerprint density at radius 3 is 3.04 bits per heavy atom. The molecule has 4 rings (SSSR count). The molecule has 2 aromatic rings. The Labute approximate surface area is 138 Å². The van der Waals surface area contributed by atoms with E-state index in [1.807, 2.05) is 23.1 Å². The lowest BCUT2D eigenvalue weighted by Gasteiger charge is -2.24. The summed E-state index contributed by atoms with van der Waals surface area (Å²) >= 11 is 1.62. The largest absolute Gasteiger partial charge is 0.493 e. The number of benzene rings is 2. The number of ether oxygens (including phenoxy) is 1. The van der Waals surface area contributed by atoms with Gasteiger partial charge in [0.05, 0.1) is 12.4 Å². The molecule has 1 atom stereocenters. The SMILES string of the molecule is O=C1CSC(c2ccc3c(c2)CCO3)N1Cc1cccc(F)c1. The maximum atomic E-state index is 13.4. The zero-order valence-electron chi connectivity index (χ0n) is 12.5. The molecule has 1 unspecified atom stereocenters. The molecule has 2 aliphatic rings. The molecular formula is C18H16FNO2S. The van der Waals surface area contributed by atoms with Crippen molar-refractivity contribution in [2.45, 2.75) is 18.3 Å². The van der Waals surface area contributed by atoms with Crippen LogP contribution in [-0.2, 0) is 17.8 Å². The van der Waals surface area contributed by atoms with Crippen LogP contribution >= 0.6 is 11.8 Å². The predicted molar refractivity (Wildman–Crippen MR) is 87.8 cm³/mol. The number of rotatable bonds is 3. The molecule has 0 bridgehead atoms. The lowest BCUT2D eigenvalue weighted by atomic mass is 10.1. The van der Waals surface area contributed by atoms with Crippen LogP contribution in [0.4, 0.5) is 4.39 Å². The van der Waals surface area contributed by atoms with E-state index in [-0.39, 0.29) is 17.1 Å². The van der Waals surface area contributed by atoms with Crippen molar-refractivity contribution in [2.75, 3.05) is 12.4 Å². The normalized spacial score (nSPS) is 19.8. The number of amides is 1. The van der Waals surface area contributed by atoms with Crippen molar-refractivity contribution in [3.63, 3.8) is 0 Å². The van der Waals surface area contributed by atoms with Crippen molar-refractivity contribution in [1.82, 2.24) is 4.90 Å². The van der Waals surface area contributed by atoms with Crippen LogP contribution in [0.15, 0.2) is 42.5 Å².